The van der Waals surface area contributed by atoms with Crippen molar-refractivity contribution in [3.63, 3.8) is 0 Å². The van der Waals surface area contributed by atoms with Gasteiger partial charge in [-0.3, -0.25) is 0 Å². The highest BCUT2D eigenvalue weighted by atomic mass is 32.1. The molecule has 0 aromatic carbocycles. The zero-order valence-corrected chi connectivity index (χ0v) is 8.44. The Labute approximate surface area is 82.6 Å². The lowest BCUT2D eigenvalue weighted by Crippen LogP contribution is -2.48. The maximum absolute atomic E-state index is 9.46. The molecule has 1 aliphatic heterocycles. The van der Waals surface area contributed by atoms with E-state index in [0.717, 1.165) is 13.0 Å². The van der Waals surface area contributed by atoms with E-state index in [1.165, 1.54) is 17.7 Å². The van der Waals surface area contributed by atoms with Crippen LogP contribution in [0, 0.1) is 0 Å². The predicted octanol–water partition coefficient (Wildman–Crippen LogP) is 1.71. The van der Waals surface area contributed by atoms with E-state index in [1.54, 1.807) is 11.3 Å². The minimum absolute atomic E-state index is 0.133. The van der Waals surface area contributed by atoms with Crippen LogP contribution in [0.15, 0.2) is 17.5 Å². The highest BCUT2D eigenvalue weighted by molar-refractivity contribution is 7.10. The van der Waals surface area contributed by atoms with Crippen LogP contribution in [-0.2, 0) is 5.54 Å². The van der Waals surface area contributed by atoms with Gasteiger partial charge in [-0.1, -0.05) is 6.07 Å². The van der Waals surface area contributed by atoms with E-state index in [2.05, 4.69) is 16.8 Å². The van der Waals surface area contributed by atoms with Gasteiger partial charge in [0.1, 0.15) is 0 Å². The van der Waals surface area contributed by atoms with E-state index >= 15 is 0 Å². The molecule has 3 heteroatoms. The first kappa shape index (κ1) is 9.19. The first-order valence-electron chi connectivity index (χ1n) is 4.77. The maximum Gasteiger partial charge on any atom is 0.0762 e. The Balaban J connectivity index is 2.23. The number of hydrogen-bond donors (Lipinski definition) is 2. The molecule has 0 saturated carbocycles. The van der Waals surface area contributed by atoms with Gasteiger partial charge in [0.05, 0.1) is 12.1 Å². The van der Waals surface area contributed by atoms with E-state index in [1.807, 2.05) is 6.07 Å². The summed E-state index contributed by atoms with van der Waals surface area (Å²) >= 11 is 1.73. The molecule has 2 rings (SSSR count). The summed E-state index contributed by atoms with van der Waals surface area (Å²) in [5.74, 6) is 0. The zero-order valence-electron chi connectivity index (χ0n) is 7.62. The van der Waals surface area contributed by atoms with Crippen LogP contribution < -0.4 is 5.32 Å². The first-order valence-corrected chi connectivity index (χ1v) is 5.65. The van der Waals surface area contributed by atoms with Gasteiger partial charge < -0.3 is 10.4 Å². The molecule has 0 amide bonds. The normalized spacial score (nSPS) is 29.0. The maximum atomic E-state index is 9.46. The Hall–Kier alpha value is -0.380. The van der Waals surface area contributed by atoms with Crippen molar-refractivity contribution in [2.45, 2.75) is 24.8 Å². The summed E-state index contributed by atoms with van der Waals surface area (Å²) in [7, 11) is 0. The van der Waals surface area contributed by atoms with Gasteiger partial charge in [-0.2, -0.15) is 0 Å². The molecule has 1 fully saturated rings. The molecule has 72 valence electrons. The Bertz CT molecular complexity index is 252. The van der Waals surface area contributed by atoms with Gasteiger partial charge in [-0.25, -0.2) is 0 Å². The average Bonchev–Trinajstić information content (AvgIpc) is 2.72. The lowest BCUT2D eigenvalue weighted by molar-refractivity contribution is 0.134. The van der Waals surface area contributed by atoms with Crippen LogP contribution in [-0.4, -0.2) is 18.3 Å². The van der Waals surface area contributed by atoms with Gasteiger partial charge in [0.25, 0.3) is 0 Å². The largest absolute Gasteiger partial charge is 0.394 e. The topological polar surface area (TPSA) is 32.3 Å². The average molecular weight is 197 g/mol. The molecule has 2 nitrogen and oxygen atoms in total. The van der Waals surface area contributed by atoms with Crippen molar-refractivity contribution < 1.29 is 5.11 Å². The van der Waals surface area contributed by atoms with Crippen molar-refractivity contribution in [3.05, 3.63) is 22.4 Å². The standard InChI is InChI=1S/C10H15NOS/c12-8-10(5-1-2-6-11-10)9-4-3-7-13-9/h3-4,7,11-12H,1-2,5-6,8H2. The molecule has 1 aromatic heterocycles. The van der Waals surface area contributed by atoms with E-state index in [0.29, 0.717) is 0 Å². The van der Waals surface area contributed by atoms with Gasteiger partial charge in [0.2, 0.25) is 0 Å². The lowest BCUT2D eigenvalue weighted by Gasteiger charge is -2.36. The Morgan fingerprint density at radius 1 is 1.54 bits per heavy atom. The summed E-state index contributed by atoms with van der Waals surface area (Å²) in [4.78, 5) is 1.27. The second-order valence-corrected chi connectivity index (χ2v) is 4.55. The molecule has 2 heterocycles. The molecule has 1 saturated heterocycles. The van der Waals surface area contributed by atoms with Crippen LogP contribution in [0.3, 0.4) is 0 Å². The van der Waals surface area contributed by atoms with E-state index in [4.69, 9.17) is 0 Å². The molecule has 1 atom stereocenters. The Morgan fingerprint density at radius 2 is 2.46 bits per heavy atom. The van der Waals surface area contributed by atoms with Gasteiger partial charge in [-0.15, -0.1) is 11.3 Å². The third-order valence-electron chi connectivity index (χ3n) is 2.76. The van der Waals surface area contributed by atoms with Gasteiger partial charge in [-0.05, 0) is 37.3 Å². The van der Waals surface area contributed by atoms with Crippen molar-refractivity contribution in [1.29, 1.82) is 0 Å². The molecule has 0 aliphatic carbocycles. The van der Waals surface area contributed by atoms with Gasteiger partial charge in [0, 0.05) is 4.88 Å². The molecular formula is C10H15NOS. The van der Waals surface area contributed by atoms with Crippen molar-refractivity contribution in [2.75, 3.05) is 13.2 Å². The van der Waals surface area contributed by atoms with E-state index in [9.17, 15) is 5.11 Å². The summed E-state index contributed by atoms with van der Waals surface area (Å²) < 4.78 is 0. The monoisotopic (exact) mass is 197 g/mol. The summed E-state index contributed by atoms with van der Waals surface area (Å²) in [6, 6.07) is 4.16. The fraction of sp³-hybridized carbons (Fsp3) is 0.600. The fourth-order valence-corrected chi connectivity index (χ4v) is 2.87. The number of thiophene rings is 1. The van der Waals surface area contributed by atoms with Crippen molar-refractivity contribution >= 4 is 11.3 Å². The third kappa shape index (κ3) is 1.64. The molecule has 1 aliphatic rings. The molecule has 2 N–H and O–H groups in total. The second-order valence-electron chi connectivity index (χ2n) is 3.60. The van der Waals surface area contributed by atoms with Crippen LogP contribution in [0.25, 0.3) is 0 Å². The van der Waals surface area contributed by atoms with Crippen molar-refractivity contribution in [3.8, 4) is 0 Å². The van der Waals surface area contributed by atoms with Crippen molar-refractivity contribution in [1.82, 2.24) is 5.32 Å². The summed E-state index contributed by atoms with van der Waals surface area (Å²) in [5, 5.41) is 15.0. The highest BCUT2D eigenvalue weighted by Gasteiger charge is 2.33. The smallest absolute Gasteiger partial charge is 0.0762 e. The number of piperidine rings is 1. The van der Waals surface area contributed by atoms with Crippen molar-refractivity contribution in [2.24, 2.45) is 0 Å². The summed E-state index contributed by atoms with van der Waals surface area (Å²) in [5.41, 5.74) is -0.133. The van der Waals surface area contributed by atoms with Crippen LogP contribution in [0.1, 0.15) is 24.1 Å². The van der Waals surface area contributed by atoms with E-state index < -0.39 is 0 Å². The SMILES string of the molecule is OCC1(c2cccs2)CCCCN1. The van der Waals surface area contributed by atoms with Crippen LogP contribution >= 0.6 is 11.3 Å². The number of aliphatic hydroxyl groups is 1. The summed E-state index contributed by atoms with van der Waals surface area (Å²) in [6.07, 6.45) is 3.50. The fourth-order valence-electron chi connectivity index (χ4n) is 1.94. The summed E-state index contributed by atoms with van der Waals surface area (Å²) in [6.45, 7) is 1.24. The van der Waals surface area contributed by atoms with E-state index in [-0.39, 0.29) is 12.1 Å². The lowest BCUT2D eigenvalue weighted by atomic mass is 9.88. The molecule has 0 radical (unpaired) electrons. The number of aliphatic hydroxyl groups excluding tert-OH is 1. The highest BCUT2D eigenvalue weighted by Crippen LogP contribution is 2.32. The second kappa shape index (κ2) is 3.78. The minimum Gasteiger partial charge on any atom is -0.394 e. The number of rotatable bonds is 2. The zero-order chi connectivity index (χ0) is 9.15. The van der Waals surface area contributed by atoms with Crippen LogP contribution in [0.4, 0.5) is 0 Å². The Morgan fingerprint density at radius 3 is 3.00 bits per heavy atom. The number of hydrogen-bond acceptors (Lipinski definition) is 3. The molecule has 0 spiro atoms. The first-order chi connectivity index (χ1) is 6.37. The minimum atomic E-state index is -0.133. The Kier molecular flexibility index (Phi) is 2.67. The number of nitrogens with one attached hydrogen (secondary N) is 1. The molecule has 1 unspecified atom stereocenters. The van der Waals surface area contributed by atoms with Crippen LogP contribution in [0.2, 0.25) is 0 Å². The van der Waals surface area contributed by atoms with Gasteiger partial charge in [0.15, 0.2) is 0 Å². The molecule has 13 heavy (non-hydrogen) atoms. The molecular weight excluding hydrogens is 182 g/mol. The van der Waals surface area contributed by atoms with Crippen LogP contribution in [0.5, 0.6) is 0 Å². The van der Waals surface area contributed by atoms with Gasteiger partial charge >= 0.3 is 0 Å². The molecule has 1 aromatic rings. The third-order valence-corrected chi connectivity index (χ3v) is 3.83. The predicted molar refractivity (Wildman–Crippen MR) is 54.9 cm³/mol. The molecule has 0 bridgehead atoms. The quantitative estimate of drug-likeness (QED) is 0.756.